The number of benzene rings is 1. The summed E-state index contributed by atoms with van der Waals surface area (Å²) in [5, 5.41) is 20.9. The highest BCUT2D eigenvalue weighted by Crippen LogP contribution is 2.40. The van der Waals surface area contributed by atoms with E-state index in [9.17, 15) is 14.6 Å². The maximum Gasteiger partial charge on any atom is 0.173 e. The van der Waals surface area contributed by atoms with E-state index in [4.69, 9.17) is 22.1 Å². The fraction of sp³-hybridized carbons (Fsp3) is 0.333. The number of nitrogens with zero attached hydrogens (tertiary/aromatic N) is 3. The number of aromatic nitrogens is 3. The van der Waals surface area contributed by atoms with E-state index in [1.165, 1.54) is 10.9 Å². The van der Waals surface area contributed by atoms with Crippen molar-refractivity contribution in [3.63, 3.8) is 0 Å². The first kappa shape index (κ1) is 15.5. The molecular formula is C15H14ClFN4O3. The number of aliphatic hydroxyl groups excluding tert-OH is 2. The lowest BCUT2D eigenvalue weighted by Crippen LogP contribution is -2.30. The SMILES string of the molecule is Nc1ncnc2c1c1cc(Cl)ccc1n2[C@@H]1O[C@H](CO)[C@@H](O)[C@@H]1F. The van der Waals surface area contributed by atoms with Gasteiger partial charge >= 0.3 is 0 Å². The highest BCUT2D eigenvalue weighted by Gasteiger charge is 2.46. The fourth-order valence-electron chi connectivity index (χ4n) is 3.18. The smallest absolute Gasteiger partial charge is 0.173 e. The van der Waals surface area contributed by atoms with Gasteiger partial charge in [-0.25, -0.2) is 14.4 Å². The van der Waals surface area contributed by atoms with Crippen LogP contribution in [0.3, 0.4) is 0 Å². The van der Waals surface area contributed by atoms with Gasteiger partial charge in [0, 0.05) is 10.4 Å². The van der Waals surface area contributed by atoms with Crippen molar-refractivity contribution in [2.45, 2.75) is 24.6 Å². The van der Waals surface area contributed by atoms with Crippen LogP contribution in [0.4, 0.5) is 10.2 Å². The predicted octanol–water partition coefficient (Wildman–Crippen LogP) is 1.41. The lowest BCUT2D eigenvalue weighted by Gasteiger charge is -2.17. The van der Waals surface area contributed by atoms with E-state index in [0.717, 1.165) is 0 Å². The molecule has 0 aliphatic carbocycles. The monoisotopic (exact) mass is 352 g/mol. The molecule has 1 aliphatic heterocycles. The van der Waals surface area contributed by atoms with Gasteiger partial charge in [0.15, 0.2) is 12.4 Å². The summed E-state index contributed by atoms with van der Waals surface area (Å²) in [6, 6.07) is 5.05. The normalized spacial score (nSPS) is 27.3. The van der Waals surface area contributed by atoms with Crippen molar-refractivity contribution in [1.82, 2.24) is 14.5 Å². The fourth-order valence-corrected chi connectivity index (χ4v) is 3.36. The molecule has 0 spiro atoms. The summed E-state index contributed by atoms with van der Waals surface area (Å²) in [4.78, 5) is 8.18. The first-order valence-electron chi connectivity index (χ1n) is 7.31. The van der Waals surface area contributed by atoms with E-state index in [2.05, 4.69) is 9.97 Å². The number of anilines is 1. The number of aliphatic hydroxyl groups is 2. The summed E-state index contributed by atoms with van der Waals surface area (Å²) in [6.45, 7) is -0.488. The second-order valence-corrected chi connectivity index (χ2v) is 6.11. The minimum atomic E-state index is -1.73. The summed E-state index contributed by atoms with van der Waals surface area (Å²) in [5.41, 5.74) is 6.94. The Balaban J connectivity index is 2.02. The molecule has 3 heterocycles. The topological polar surface area (TPSA) is 106 Å². The van der Waals surface area contributed by atoms with E-state index >= 15 is 0 Å². The molecular weight excluding hydrogens is 339 g/mol. The van der Waals surface area contributed by atoms with Crippen LogP contribution in [0, 0.1) is 0 Å². The number of nitrogen functional groups attached to an aromatic ring is 1. The minimum absolute atomic E-state index is 0.235. The van der Waals surface area contributed by atoms with Crippen LogP contribution in [0.1, 0.15) is 6.23 Å². The van der Waals surface area contributed by atoms with Crippen LogP contribution in [0.15, 0.2) is 24.5 Å². The Hall–Kier alpha value is -2.00. The zero-order chi connectivity index (χ0) is 17.0. The Morgan fingerprint density at radius 2 is 2.17 bits per heavy atom. The van der Waals surface area contributed by atoms with Crippen molar-refractivity contribution in [3.8, 4) is 0 Å². The minimum Gasteiger partial charge on any atom is -0.394 e. The van der Waals surface area contributed by atoms with Gasteiger partial charge < -0.3 is 20.7 Å². The number of rotatable bonds is 2. The molecule has 24 heavy (non-hydrogen) atoms. The van der Waals surface area contributed by atoms with E-state index < -0.39 is 31.2 Å². The predicted molar refractivity (Wildman–Crippen MR) is 86.4 cm³/mol. The third-order valence-corrected chi connectivity index (χ3v) is 4.54. The lowest BCUT2D eigenvalue weighted by molar-refractivity contribution is -0.0442. The zero-order valence-electron chi connectivity index (χ0n) is 12.3. The number of hydrogen-bond donors (Lipinski definition) is 3. The molecule has 0 unspecified atom stereocenters. The molecule has 9 heteroatoms. The van der Waals surface area contributed by atoms with Crippen LogP contribution in [0.2, 0.25) is 5.02 Å². The second-order valence-electron chi connectivity index (χ2n) is 5.67. The van der Waals surface area contributed by atoms with Gasteiger partial charge in [0.05, 0.1) is 17.5 Å². The standard InChI is InChI=1S/C15H14ClFN4O3/c16-6-1-2-8-7(3-6)10-13(18)19-5-20-14(10)21(8)15-11(17)12(23)9(4-22)24-15/h1-3,5,9,11-12,15,22-23H,4H2,(H2,18,19,20)/t9-,11+,12-,15-/m1/s1. The molecule has 126 valence electrons. The molecule has 3 aromatic rings. The Kier molecular flexibility index (Phi) is 3.57. The Labute approximate surface area is 140 Å². The molecule has 1 aromatic carbocycles. The Bertz CT molecular complexity index is 934. The average Bonchev–Trinajstić information content (AvgIpc) is 3.03. The molecule has 2 aromatic heterocycles. The van der Waals surface area contributed by atoms with E-state index in [1.807, 2.05) is 0 Å². The van der Waals surface area contributed by atoms with Gasteiger partial charge in [-0.05, 0) is 18.2 Å². The molecule has 0 radical (unpaired) electrons. The molecule has 4 atom stereocenters. The molecule has 0 bridgehead atoms. The number of nitrogens with two attached hydrogens (primary N) is 1. The van der Waals surface area contributed by atoms with E-state index in [-0.39, 0.29) is 5.82 Å². The van der Waals surface area contributed by atoms with E-state index in [1.54, 1.807) is 18.2 Å². The van der Waals surface area contributed by atoms with Crippen LogP contribution in [-0.4, -0.2) is 49.7 Å². The van der Waals surface area contributed by atoms with Crippen LogP contribution < -0.4 is 5.73 Å². The molecule has 1 aliphatic rings. The second kappa shape index (κ2) is 5.52. The molecule has 1 fully saturated rings. The quantitative estimate of drug-likeness (QED) is 0.644. The summed E-state index contributed by atoms with van der Waals surface area (Å²) >= 11 is 6.07. The number of halogens is 2. The van der Waals surface area contributed by atoms with E-state index in [0.29, 0.717) is 27.0 Å². The maximum absolute atomic E-state index is 14.6. The van der Waals surface area contributed by atoms with Crippen molar-refractivity contribution in [3.05, 3.63) is 29.5 Å². The molecule has 0 amide bonds. The van der Waals surface area contributed by atoms with Gasteiger partial charge in [0.25, 0.3) is 0 Å². The van der Waals surface area contributed by atoms with Gasteiger partial charge in [-0.2, -0.15) is 0 Å². The van der Waals surface area contributed by atoms with Crippen LogP contribution >= 0.6 is 11.6 Å². The van der Waals surface area contributed by atoms with Gasteiger partial charge in [-0.3, -0.25) is 4.57 Å². The lowest BCUT2D eigenvalue weighted by atomic mass is 10.1. The Morgan fingerprint density at radius 3 is 2.88 bits per heavy atom. The highest BCUT2D eigenvalue weighted by molar-refractivity contribution is 6.32. The van der Waals surface area contributed by atoms with Crippen molar-refractivity contribution in [2.75, 3.05) is 12.3 Å². The Morgan fingerprint density at radius 1 is 1.38 bits per heavy atom. The zero-order valence-corrected chi connectivity index (χ0v) is 13.1. The first-order valence-corrected chi connectivity index (χ1v) is 7.68. The van der Waals surface area contributed by atoms with Crippen molar-refractivity contribution in [2.24, 2.45) is 0 Å². The van der Waals surface area contributed by atoms with Crippen LogP contribution in [-0.2, 0) is 4.74 Å². The van der Waals surface area contributed by atoms with Crippen LogP contribution in [0.5, 0.6) is 0 Å². The summed E-state index contributed by atoms with van der Waals surface area (Å²) in [7, 11) is 0. The van der Waals surface area contributed by atoms with Gasteiger partial charge in [0.2, 0.25) is 0 Å². The van der Waals surface area contributed by atoms with Crippen molar-refractivity contribution >= 4 is 39.4 Å². The van der Waals surface area contributed by atoms with Crippen molar-refractivity contribution < 1.29 is 19.3 Å². The molecule has 7 nitrogen and oxygen atoms in total. The number of ether oxygens (including phenoxy) is 1. The highest BCUT2D eigenvalue weighted by atomic mass is 35.5. The summed E-state index contributed by atoms with van der Waals surface area (Å²) < 4.78 is 21.6. The van der Waals surface area contributed by atoms with Crippen LogP contribution in [0.25, 0.3) is 21.9 Å². The molecule has 1 saturated heterocycles. The third-order valence-electron chi connectivity index (χ3n) is 4.30. The maximum atomic E-state index is 14.6. The average molecular weight is 353 g/mol. The molecule has 4 rings (SSSR count). The summed E-state index contributed by atoms with van der Waals surface area (Å²) in [5.74, 6) is 0.235. The number of fused-ring (bicyclic) bond motifs is 3. The molecule has 0 saturated carbocycles. The number of hydrogen-bond acceptors (Lipinski definition) is 6. The van der Waals surface area contributed by atoms with Gasteiger partial charge in [0.1, 0.15) is 30.0 Å². The first-order chi connectivity index (χ1) is 11.5. The number of alkyl halides is 1. The largest absolute Gasteiger partial charge is 0.394 e. The van der Waals surface area contributed by atoms with Gasteiger partial charge in [-0.15, -0.1) is 0 Å². The van der Waals surface area contributed by atoms with Crippen molar-refractivity contribution in [1.29, 1.82) is 0 Å². The van der Waals surface area contributed by atoms with Gasteiger partial charge in [-0.1, -0.05) is 11.6 Å². The third kappa shape index (κ3) is 2.07. The summed E-state index contributed by atoms with van der Waals surface area (Å²) in [6.07, 6.45) is -4.04. The molecule has 4 N–H and O–H groups in total.